The summed E-state index contributed by atoms with van der Waals surface area (Å²) in [5, 5.41) is 10.8. The second-order valence-corrected chi connectivity index (χ2v) is 8.34. The molecule has 0 saturated heterocycles. The first kappa shape index (κ1) is 21.1. The van der Waals surface area contributed by atoms with E-state index in [2.05, 4.69) is 6.08 Å². The molecule has 166 valence electrons. The molecule has 0 unspecified atom stereocenters. The number of hydrogen-bond donors (Lipinski definition) is 1. The average molecular weight is 445 g/mol. The summed E-state index contributed by atoms with van der Waals surface area (Å²) in [4.78, 5) is 25.3. The zero-order valence-electron chi connectivity index (χ0n) is 17.8. The van der Waals surface area contributed by atoms with Crippen molar-refractivity contribution in [2.45, 2.75) is 32.2 Å². The Morgan fingerprint density at radius 2 is 1.97 bits per heavy atom. The van der Waals surface area contributed by atoms with Gasteiger partial charge in [-0.15, -0.1) is 0 Å². The normalized spacial score (nSPS) is 15.8. The summed E-state index contributed by atoms with van der Waals surface area (Å²) in [6.07, 6.45) is 10.5. The quantitative estimate of drug-likeness (QED) is 0.513. The maximum Gasteiger partial charge on any atom is 0.353 e. The number of carboxylic acids is 1. The Hall–Kier alpha value is -3.80. The van der Waals surface area contributed by atoms with Crippen LogP contribution < -0.4 is 0 Å². The number of allylic oxidation sites excluding steroid dienone is 6. The van der Waals surface area contributed by atoms with Crippen molar-refractivity contribution in [3.63, 3.8) is 0 Å². The molecule has 1 heterocycles. The van der Waals surface area contributed by atoms with Crippen LogP contribution in [0, 0.1) is 11.6 Å². The third kappa shape index (κ3) is 3.71. The fraction of sp³-hybridized carbons (Fsp3) is 0.185. The molecule has 0 bridgehead atoms. The van der Waals surface area contributed by atoms with Gasteiger partial charge in [-0.25, -0.2) is 13.6 Å². The minimum absolute atomic E-state index is 0.0822. The SMILES string of the molecule is O=C1CC=CC=C1c1c(C(=O)O)n(Cc2ccc(F)cc2F)c2ccc(C3=CCCC3)cc12. The Morgan fingerprint density at radius 3 is 2.67 bits per heavy atom. The van der Waals surface area contributed by atoms with E-state index in [1.807, 2.05) is 18.2 Å². The highest BCUT2D eigenvalue weighted by molar-refractivity contribution is 6.27. The first-order valence-corrected chi connectivity index (χ1v) is 10.9. The summed E-state index contributed by atoms with van der Waals surface area (Å²) in [6, 6.07) is 8.93. The summed E-state index contributed by atoms with van der Waals surface area (Å²) in [7, 11) is 0. The molecule has 0 atom stereocenters. The van der Waals surface area contributed by atoms with Gasteiger partial charge < -0.3 is 9.67 Å². The molecule has 0 radical (unpaired) electrons. The number of nitrogens with zero attached hydrogens (tertiary/aromatic N) is 1. The molecule has 1 aromatic heterocycles. The Labute approximate surface area is 189 Å². The lowest BCUT2D eigenvalue weighted by Gasteiger charge is -2.12. The zero-order chi connectivity index (χ0) is 23.1. The summed E-state index contributed by atoms with van der Waals surface area (Å²) in [5.41, 5.74) is 3.51. The van der Waals surface area contributed by atoms with Crippen molar-refractivity contribution in [2.75, 3.05) is 0 Å². The monoisotopic (exact) mass is 445 g/mol. The predicted octanol–water partition coefficient (Wildman–Crippen LogP) is 6.15. The molecule has 2 aliphatic rings. The molecule has 0 saturated carbocycles. The van der Waals surface area contributed by atoms with Gasteiger partial charge in [0.15, 0.2) is 5.78 Å². The van der Waals surface area contributed by atoms with Gasteiger partial charge in [0.2, 0.25) is 0 Å². The third-order valence-corrected chi connectivity index (χ3v) is 6.29. The maximum absolute atomic E-state index is 14.5. The average Bonchev–Trinajstić information content (AvgIpc) is 3.43. The molecule has 2 aromatic carbocycles. The first-order valence-electron chi connectivity index (χ1n) is 10.9. The molecule has 4 nitrogen and oxygen atoms in total. The molecule has 0 fully saturated rings. The van der Waals surface area contributed by atoms with Gasteiger partial charge in [0.1, 0.15) is 17.3 Å². The summed E-state index contributed by atoms with van der Waals surface area (Å²) in [5.74, 6) is -2.84. The maximum atomic E-state index is 14.5. The molecular weight excluding hydrogens is 424 g/mol. The van der Waals surface area contributed by atoms with E-state index in [9.17, 15) is 23.5 Å². The van der Waals surface area contributed by atoms with Crippen molar-refractivity contribution < 1.29 is 23.5 Å². The number of aromatic carboxylic acids is 1. The molecule has 33 heavy (non-hydrogen) atoms. The van der Waals surface area contributed by atoms with E-state index >= 15 is 0 Å². The number of halogens is 2. The number of carbonyl (C=O) groups is 2. The number of ketones is 1. The molecule has 0 amide bonds. The van der Waals surface area contributed by atoms with Crippen molar-refractivity contribution in [3.05, 3.63) is 94.7 Å². The van der Waals surface area contributed by atoms with E-state index in [1.165, 1.54) is 16.2 Å². The van der Waals surface area contributed by atoms with E-state index in [-0.39, 0.29) is 30.0 Å². The molecule has 2 aliphatic carbocycles. The number of rotatable bonds is 5. The number of hydrogen-bond acceptors (Lipinski definition) is 2. The molecular formula is C27H21F2NO3. The molecule has 5 rings (SSSR count). The highest BCUT2D eigenvalue weighted by atomic mass is 19.1. The van der Waals surface area contributed by atoms with E-state index in [0.717, 1.165) is 37.0 Å². The minimum Gasteiger partial charge on any atom is -0.477 e. The number of carboxylic acid groups (broad SMARTS) is 1. The summed E-state index contributed by atoms with van der Waals surface area (Å²) >= 11 is 0. The topological polar surface area (TPSA) is 59.3 Å². The fourth-order valence-electron chi connectivity index (χ4n) is 4.73. The van der Waals surface area contributed by atoms with Gasteiger partial charge >= 0.3 is 5.97 Å². The Morgan fingerprint density at radius 1 is 1.12 bits per heavy atom. The van der Waals surface area contributed by atoms with Crippen molar-refractivity contribution in [2.24, 2.45) is 0 Å². The van der Waals surface area contributed by atoms with Crippen LogP contribution in [0.4, 0.5) is 8.78 Å². The van der Waals surface area contributed by atoms with E-state index in [4.69, 9.17) is 0 Å². The van der Waals surface area contributed by atoms with Gasteiger partial charge in [-0.3, -0.25) is 4.79 Å². The van der Waals surface area contributed by atoms with Crippen LogP contribution in [0.2, 0.25) is 0 Å². The Kier molecular flexibility index (Phi) is 5.29. The molecule has 0 aliphatic heterocycles. The van der Waals surface area contributed by atoms with Crippen LogP contribution >= 0.6 is 0 Å². The number of benzene rings is 2. The number of Topliss-reactive ketones (excluding diaryl/α,β-unsaturated/α-hetero) is 1. The van der Waals surface area contributed by atoms with Crippen LogP contribution in [0.15, 0.2) is 60.7 Å². The molecule has 6 heteroatoms. The minimum atomic E-state index is -1.21. The smallest absolute Gasteiger partial charge is 0.353 e. The number of aromatic nitrogens is 1. The van der Waals surface area contributed by atoms with Crippen LogP contribution in [0.1, 0.15) is 52.9 Å². The van der Waals surface area contributed by atoms with E-state index < -0.39 is 17.6 Å². The molecule has 0 spiro atoms. The fourth-order valence-corrected chi connectivity index (χ4v) is 4.73. The van der Waals surface area contributed by atoms with Crippen LogP contribution in [-0.2, 0) is 11.3 Å². The van der Waals surface area contributed by atoms with Gasteiger partial charge in [0.05, 0.1) is 6.54 Å². The second kappa shape index (κ2) is 8.28. The lowest BCUT2D eigenvalue weighted by molar-refractivity contribution is -0.113. The largest absolute Gasteiger partial charge is 0.477 e. The van der Waals surface area contributed by atoms with E-state index in [1.54, 1.807) is 18.2 Å². The van der Waals surface area contributed by atoms with Gasteiger partial charge in [0, 0.05) is 40.1 Å². The van der Waals surface area contributed by atoms with Crippen LogP contribution in [0.3, 0.4) is 0 Å². The number of carbonyl (C=O) groups excluding carboxylic acids is 1. The van der Waals surface area contributed by atoms with Crippen molar-refractivity contribution in [3.8, 4) is 0 Å². The van der Waals surface area contributed by atoms with Crippen molar-refractivity contribution >= 4 is 33.8 Å². The van der Waals surface area contributed by atoms with Crippen LogP contribution in [0.5, 0.6) is 0 Å². The third-order valence-electron chi connectivity index (χ3n) is 6.29. The molecule has 3 aromatic rings. The predicted molar refractivity (Wildman–Crippen MR) is 123 cm³/mol. The summed E-state index contributed by atoms with van der Waals surface area (Å²) < 4.78 is 29.4. The Balaban J connectivity index is 1.79. The highest BCUT2D eigenvalue weighted by Crippen LogP contribution is 2.38. The van der Waals surface area contributed by atoms with Gasteiger partial charge in [-0.1, -0.05) is 36.4 Å². The van der Waals surface area contributed by atoms with E-state index in [0.29, 0.717) is 22.0 Å². The van der Waals surface area contributed by atoms with Crippen LogP contribution in [-0.4, -0.2) is 21.4 Å². The van der Waals surface area contributed by atoms with Gasteiger partial charge in [0.25, 0.3) is 0 Å². The Bertz CT molecular complexity index is 1410. The van der Waals surface area contributed by atoms with Crippen molar-refractivity contribution in [1.29, 1.82) is 0 Å². The molecule has 1 N–H and O–H groups in total. The second-order valence-electron chi connectivity index (χ2n) is 8.34. The van der Waals surface area contributed by atoms with Gasteiger partial charge in [-0.2, -0.15) is 0 Å². The lowest BCUT2D eigenvalue weighted by atomic mass is 9.92. The number of fused-ring (bicyclic) bond motifs is 1. The lowest BCUT2D eigenvalue weighted by Crippen LogP contribution is -2.14. The zero-order valence-corrected chi connectivity index (χ0v) is 17.8. The first-order chi connectivity index (χ1) is 15.9. The highest BCUT2D eigenvalue weighted by Gasteiger charge is 2.29. The van der Waals surface area contributed by atoms with Crippen LogP contribution in [0.25, 0.3) is 22.0 Å². The van der Waals surface area contributed by atoms with Crippen molar-refractivity contribution in [1.82, 2.24) is 4.57 Å². The summed E-state index contributed by atoms with van der Waals surface area (Å²) in [6.45, 7) is -0.108. The van der Waals surface area contributed by atoms with Gasteiger partial charge in [-0.05, 0) is 48.6 Å². The standard InChI is InChI=1S/C27H21F2NO3/c28-19-11-9-18(22(29)14-19)15-30-23-12-10-17(16-5-1-2-6-16)13-21(23)25(26(30)27(32)33)20-7-3-4-8-24(20)31/h3-5,7,9-14H,1-2,6,8,15H2,(H,32,33).